The lowest BCUT2D eigenvalue weighted by Crippen LogP contribution is -2.39. The Hall–Kier alpha value is -0.620. The van der Waals surface area contributed by atoms with Crippen LogP contribution >= 0.6 is 0 Å². The van der Waals surface area contributed by atoms with Gasteiger partial charge in [0.05, 0.1) is 5.75 Å². The normalized spacial score (nSPS) is 21.1. The molecule has 1 aliphatic rings. The minimum absolute atomic E-state index is 0.0119. The SMILES string of the molecule is CS(=O)(=O)CCCNC(=O)CC1CCCCN1. The Labute approximate surface area is 103 Å². The lowest BCUT2D eigenvalue weighted by Gasteiger charge is -2.22. The number of hydrogen-bond donors (Lipinski definition) is 2. The largest absolute Gasteiger partial charge is 0.356 e. The average molecular weight is 262 g/mol. The standard InChI is InChI=1S/C11H22N2O3S/c1-17(15,16)8-4-7-13-11(14)9-10-5-2-3-6-12-10/h10,12H,2-9H2,1H3,(H,13,14). The van der Waals surface area contributed by atoms with Crippen LogP contribution < -0.4 is 10.6 Å². The summed E-state index contributed by atoms with van der Waals surface area (Å²) in [6, 6.07) is 0.290. The van der Waals surface area contributed by atoms with Crippen molar-refractivity contribution in [3.63, 3.8) is 0 Å². The highest BCUT2D eigenvalue weighted by atomic mass is 32.2. The van der Waals surface area contributed by atoms with Gasteiger partial charge in [0.2, 0.25) is 5.91 Å². The summed E-state index contributed by atoms with van der Waals surface area (Å²) in [5.41, 5.74) is 0. The van der Waals surface area contributed by atoms with E-state index in [4.69, 9.17) is 0 Å². The molecule has 1 amide bonds. The molecule has 1 fully saturated rings. The van der Waals surface area contributed by atoms with Crippen molar-refractivity contribution >= 4 is 15.7 Å². The van der Waals surface area contributed by atoms with Crippen LogP contribution in [0.1, 0.15) is 32.1 Å². The second-order valence-electron chi connectivity index (χ2n) is 4.68. The van der Waals surface area contributed by atoms with E-state index < -0.39 is 9.84 Å². The van der Waals surface area contributed by atoms with Gasteiger partial charge >= 0.3 is 0 Å². The van der Waals surface area contributed by atoms with Gasteiger partial charge in [0.25, 0.3) is 0 Å². The van der Waals surface area contributed by atoms with Gasteiger partial charge in [-0.1, -0.05) is 6.42 Å². The summed E-state index contributed by atoms with van der Waals surface area (Å²) in [7, 11) is -2.91. The maximum Gasteiger partial charge on any atom is 0.221 e. The molecule has 1 heterocycles. The van der Waals surface area contributed by atoms with E-state index in [-0.39, 0.29) is 11.7 Å². The maximum atomic E-state index is 11.5. The predicted octanol–water partition coefficient (Wildman–Crippen LogP) is 0.0695. The number of rotatable bonds is 6. The van der Waals surface area contributed by atoms with E-state index in [1.54, 1.807) is 0 Å². The van der Waals surface area contributed by atoms with Gasteiger partial charge in [-0.25, -0.2) is 8.42 Å². The van der Waals surface area contributed by atoms with Gasteiger partial charge in [-0.05, 0) is 25.8 Å². The molecule has 1 aliphatic heterocycles. The van der Waals surface area contributed by atoms with Crippen molar-refractivity contribution in [3.8, 4) is 0 Å². The Bertz CT molecular complexity index is 335. The van der Waals surface area contributed by atoms with Crippen molar-refractivity contribution in [3.05, 3.63) is 0 Å². The smallest absolute Gasteiger partial charge is 0.221 e. The topological polar surface area (TPSA) is 75.3 Å². The third-order valence-corrected chi connectivity index (χ3v) is 3.89. The van der Waals surface area contributed by atoms with Crippen LogP contribution in [0.2, 0.25) is 0 Å². The van der Waals surface area contributed by atoms with Crippen LogP contribution in [-0.4, -0.2) is 45.5 Å². The fraction of sp³-hybridized carbons (Fsp3) is 0.909. The summed E-state index contributed by atoms with van der Waals surface area (Å²) >= 11 is 0. The Kier molecular flexibility index (Phi) is 5.91. The van der Waals surface area contributed by atoms with Crippen molar-refractivity contribution in [2.24, 2.45) is 0 Å². The molecular weight excluding hydrogens is 240 g/mol. The summed E-state index contributed by atoms with van der Waals surface area (Å²) in [5, 5.41) is 6.07. The zero-order valence-electron chi connectivity index (χ0n) is 10.4. The highest BCUT2D eigenvalue weighted by molar-refractivity contribution is 7.90. The Morgan fingerprint density at radius 2 is 2.18 bits per heavy atom. The first-order chi connectivity index (χ1) is 7.97. The number of hydrogen-bond acceptors (Lipinski definition) is 4. The molecule has 5 nitrogen and oxygen atoms in total. The third-order valence-electron chi connectivity index (χ3n) is 2.86. The van der Waals surface area contributed by atoms with E-state index in [9.17, 15) is 13.2 Å². The number of sulfone groups is 1. The molecule has 1 rings (SSSR count). The highest BCUT2D eigenvalue weighted by Gasteiger charge is 2.15. The number of piperidine rings is 1. The molecule has 1 unspecified atom stereocenters. The first-order valence-electron chi connectivity index (χ1n) is 6.15. The van der Waals surface area contributed by atoms with E-state index in [0.29, 0.717) is 25.4 Å². The molecule has 0 aromatic heterocycles. The molecule has 0 bridgehead atoms. The summed E-state index contributed by atoms with van der Waals surface area (Å²) in [6.45, 7) is 1.44. The average Bonchev–Trinajstić information content (AvgIpc) is 2.25. The number of carbonyl (C=O) groups is 1. The Morgan fingerprint density at radius 1 is 1.41 bits per heavy atom. The quantitative estimate of drug-likeness (QED) is 0.664. The van der Waals surface area contributed by atoms with E-state index in [1.165, 1.54) is 19.1 Å². The van der Waals surface area contributed by atoms with Crippen molar-refractivity contribution < 1.29 is 13.2 Å². The summed E-state index contributed by atoms with van der Waals surface area (Å²) in [6.07, 6.45) is 5.62. The molecule has 2 N–H and O–H groups in total. The van der Waals surface area contributed by atoms with Crippen LogP contribution in [0.4, 0.5) is 0 Å². The monoisotopic (exact) mass is 262 g/mol. The second kappa shape index (κ2) is 6.96. The molecule has 0 saturated carbocycles. The van der Waals surface area contributed by atoms with Crippen molar-refractivity contribution in [2.75, 3.05) is 25.1 Å². The Morgan fingerprint density at radius 3 is 2.76 bits per heavy atom. The third kappa shape index (κ3) is 7.33. The van der Waals surface area contributed by atoms with Crippen LogP contribution in [0.25, 0.3) is 0 Å². The molecule has 100 valence electrons. The highest BCUT2D eigenvalue weighted by Crippen LogP contribution is 2.09. The molecule has 1 atom stereocenters. The van der Waals surface area contributed by atoms with Gasteiger partial charge in [0.15, 0.2) is 0 Å². The summed E-state index contributed by atoms with van der Waals surface area (Å²) < 4.78 is 21.7. The number of nitrogens with one attached hydrogen (secondary N) is 2. The maximum absolute atomic E-state index is 11.5. The van der Waals surface area contributed by atoms with Gasteiger partial charge in [0.1, 0.15) is 9.84 Å². The molecule has 0 spiro atoms. The van der Waals surface area contributed by atoms with Gasteiger partial charge in [0, 0.05) is 25.3 Å². The number of carbonyl (C=O) groups excluding carboxylic acids is 1. The van der Waals surface area contributed by atoms with Crippen molar-refractivity contribution in [1.29, 1.82) is 0 Å². The van der Waals surface area contributed by atoms with Crippen molar-refractivity contribution in [1.82, 2.24) is 10.6 Å². The summed E-state index contributed by atoms with van der Waals surface area (Å²) in [5.74, 6) is 0.146. The molecule has 0 radical (unpaired) electrons. The van der Waals surface area contributed by atoms with Crippen LogP contribution in [-0.2, 0) is 14.6 Å². The van der Waals surface area contributed by atoms with Gasteiger partial charge < -0.3 is 10.6 Å². The lowest BCUT2D eigenvalue weighted by atomic mass is 10.0. The first-order valence-corrected chi connectivity index (χ1v) is 8.21. The second-order valence-corrected chi connectivity index (χ2v) is 6.94. The van der Waals surface area contributed by atoms with Crippen molar-refractivity contribution in [2.45, 2.75) is 38.1 Å². The van der Waals surface area contributed by atoms with Crippen LogP contribution in [0.3, 0.4) is 0 Å². The minimum atomic E-state index is -2.91. The molecule has 0 aromatic carbocycles. The van der Waals surface area contributed by atoms with Crippen LogP contribution in [0.5, 0.6) is 0 Å². The van der Waals surface area contributed by atoms with Crippen LogP contribution in [0.15, 0.2) is 0 Å². The van der Waals surface area contributed by atoms with Gasteiger partial charge in [-0.2, -0.15) is 0 Å². The zero-order valence-corrected chi connectivity index (χ0v) is 11.2. The van der Waals surface area contributed by atoms with Gasteiger partial charge in [-0.15, -0.1) is 0 Å². The minimum Gasteiger partial charge on any atom is -0.356 e. The zero-order chi connectivity index (χ0) is 12.7. The molecule has 17 heavy (non-hydrogen) atoms. The molecule has 0 aromatic rings. The summed E-state index contributed by atoms with van der Waals surface area (Å²) in [4.78, 5) is 11.5. The van der Waals surface area contributed by atoms with E-state index >= 15 is 0 Å². The van der Waals surface area contributed by atoms with E-state index in [1.807, 2.05) is 0 Å². The predicted molar refractivity (Wildman–Crippen MR) is 67.6 cm³/mol. The molecule has 6 heteroatoms. The molecule has 1 saturated heterocycles. The van der Waals surface area contributed by atoms with E-state index in [2.05, 4.69) is 10.6 Å². The number of amides is 1. The first kappa shape index (κ1) is 14.4. The van der Waals surface area contributed by atoms with Crippen LogP contribution in [0, 0.1) is 0 Å². The van der Waals surface area contributed by atoms with Gasteiger partial charge in [-0.3, -0.25) is 4.79 Å². The van der Waals surface area contributed by atoms with E-state index in [0.717, 1.165) is 13.0 Å². The fourth-order valence-electron chi connectivity index (χ4n) is 1.96. The molecular formula is C11H22N2O3S. The lowest BCUT2D eigenvalue weighted by molar-refractivity contribution is -0.121. The molecule has 0 aliphatic carbocycles. The fourth-order valence-corrected chi connectivity index (χ4v) is 2.63. The Balaban J connectivity index is 2.08.